The molecule has 6 nitrogen and oxygen atoms in total. The average molecular weight is 439 g/mol. The number of halogens is 2. The Kier molecular flexibility index (Phi) is 7.60. The molecule has 0 bridgehead atoms. The van der Waals surface area contributed by atoms with Crippen LogP contribution < -0.4 is 20.3 Å². The van der Waals surface area contributed by atoms with Crippen molar-refractivity contribution < 1.29 is 23.5 Å². The van der Waals surface area contributed by atoms with Gasteiger partial charge in [0.25, 0.3) is 5.91 Å². The van der Waals surface area contributed by atoms with Crippen molar-refractivity contribution in [3.05, 3.63) is 58.3 Å². The molecule has 0 heterocycles. The lowest BCUT2D eigenvalue weighted by molar-refractivity contribution is -0.132. The van der Waals surface area contributed by atoms with Gasteiger partial charge in [0.2, 0.25) is 5.91 Å². The summed E-state index contributed by atoms with van der Waals surface area (Å²) in [5.41, 5.74) is 5.62. The smallest absolute Gasteiger partial charge is 0.279 e. The van der Waals surface area contributed by atoms with E-state index < -0.39 is 17.8 Å². The summed E-state index contributed by atoms with van der Waals surface area (Å²) in [5.74, 6) is -0.166. The Hall–Kier alpha value is -2.61. The van der Waals surface area contributed by atoms with Crippen LogP contribution in [0.1, 0.15) is 18.9 Å². The van der Waals surface area contributed by atoms with Gasteiger partial charge in [-0.3, -0.25) is 20.4 Å². The number of hydrogen-bond donors (Lipinski definition) is 2. The minimum Gasteiger partial charge on any atom is -0.496 e. The van der Waals surface area contributed by atoms with Gasteiger partial charge < -0.3 is 9.47 Å². The van der Waals surface area contributed by atoms with Crippen LogP contribution in [0.15, 0.2) is 46.9 Å². The van der Waals surface area contributed by atoms with E-state index in [9.17, 15) is 14.0 Å². The molecule has 2 amide bonds. The van der Waals surface area contributed by atoms with Crippen LogP contribution in [-0.4, -0.2) is 25.0 Å². The molecule has 1 atom stereocenters. The van der Waals surface area contributed by atoms with Crippen molar-refractivity contribution in [3.8, 4) is 11.5 Å². The fraction of sp³-hybridized carbons (Fsp3) is 0.263. The van der Waals surface area contributed by atoms with E-state index in [1.165, 1.54) is 31.2 Å². The molecular formula is C19H20BrFN2O4. The van der Waals surface area contributed by atoms with Crippen molar-refractivity contribution >= 4 is 27.7 Å². The standard InChI is InChI=1S/C19H20BrFN2O4/c1-12(27-15-7-5-14(21)6-8-15)19(25)23-22-18(24)10-4-13-3-9-17(26-2)16(20)11-13/h3,5-9,11-12H,4,10H2,1-2H3,(H,22,24)(H,23,25). The molecule has 27 heavy (non-hydrogen) atoms. The van der Waals surface area contributed by atoms with Crippen LogP contribution in [0.25, 0.3) is 0 Å². The predicted molar refractivity (Wildman–Crippen MR) is 102 cm³/mol. The van der Waals surface area contributed by atoms with E-state index in [2.05, 4.69) is 26.8 Å². The minimum atomic E-state index is -0.853. The minimum absolute atomic E-state index is 0.201. The lowest BCUT2D eigenvalue weighted by atomic mass is 10.1. The summed E-state index contributed by atoms with van der Waals surface area (Å²) in [6.07, 6.45) is -0.147. The van der Waals surface area contributed by atoms with Gasteiger partial charge in [-0.2, -0.15) is 0 Å². The molecule has 2 aromatic carbocycles. The Bertz CT molecular complexity index is 799. The fourth-order valence-electron chi connectivity index (χ4n) is 2.19. The summed E-state index contributed by atoms with van der Waals surface area (Å²) in [6, 6.07) is 10.9. The number of nitrogens with one attached hydrogen (secondary N) is 2. The largest absolute Gasteiger partial charge is 0.496 e. The Morgan fingerprint density at radius 3 is 2.48 bits per heavy atom. The third kappa shape index (κ3) is 6.56. The highest BCUT2D eigenvalue weighted by molar-refractivity contribution is 9.10. The SMILES string of the molecule is COc1ccc(CCC(=O)NNC(=O)C(C)Oc2ccc(F)cc2)cc1Br. The van der Waals surface area contributed by atoms with Crippen LogP contribution in [0.5, 0.6) is 11.5 Å². The molecule has 0 fully saturated rings. The summed E-state index contributed by atoms with van der Waals surface area (Å²) in [7, 11) is 1.58. The van der Waals surface area contributed by atoms with E-state index in [1.54, 1.807) is 7.11 Å². The lowest BCUT2D eigenvalue weighted by Gasteiger charge is -2.15. The van der Waals surface area contributed by atoms with Crippen LogP contribution in [0.3, 0.4) is 0 Å². The van der Waals surface area contributed by atoms with Gasteiger partial charge in [-0.15, -0.1) is 0 Å². The maximum absolute atomic E-state index is 12.9. The molecule has 0 saturated heterocycles. The summed E-state index contributed by atoms with van der Waals surface area (Å²) in [5, 5.41) is 0. The highest BCUT2D eigenvalue weighted by atomic mass is 79.9. The number of methoxy groups -OCH3 is 1. The van der Waals surface area contributed by atoms with E-state index in [4.69, 9.17) is 9.47 Å². The van der Waals surface area contributed by atoms with Crippen LogP contribution >= 0.6 is 15.9 Å². The Morgan fingerprint density at radius 1 is 1.15 bits per heavy atom. The van der Waals surface area contributed by atoms with Gasteiger partial charge in [-0.1, -0.05) is 6.07 Å². The zero-order valence-corrected chi connectivity index (χ0v) is 16.5. The second-order valence-corrected chi connectivity index (χ2v) is 6.57. The zero-order valence-electron chi connectivity index (χ0n) is 14.9. The zero-order chi connectivity index (χ0) is 19.8. The van der Waals surface area contributed by atoms with Crippen molar-refractivity contribution in [1.29, 1.82) is 0 Å². The van der Waals surface area contributed by atoms with E-state index in [1.807, 2.05) is 18.2 Å². The van der Waals surface area contributed by atoms with Crippen LogP contribution in [-0.2, 0) is 16.0 Å². The summed E-state index contributed by atoms with van der Waals surface area (Å²) < 4.78 is 24.2. The third-order valence-corrected chi connectivity index (χ3v) is 4.30. The molecule has 2 N–H and O–H groups in total. The Balaban J connectivity index is 1.74. The van der Waals surface area contributed by atoms with E-state index >= 15 is 0 Å². The average Bonchev–Trinajstić information content (AvgIpc) is 2.66. The molecule has 0 aromatic heterocycles. The molecule has 0 aliphatic heterocycles. The molecular weight excluding hydrogens is 419 g/mol. The maximum atomic E-state index is 12.9. The molecule has 0 saturated carbocycles. The first-order chi connectivity index (χ1) is 12.9. The van der Waals surface area contributed by atoms with Gasteiger partial charge in [0.15, 0.2) is 6.10 Å². The quantitative estimate of drug-likeness (QED) is 0.650. The van der Waals surface area contributed by atoms with Gasteiger partial charge in [-0.05, 0) is 71.2 Å². The summed E-state index contributed by atoms with van der Waals surface area (Å²) in [4.78, 5) is 23.9. The van der Waals surface area contributed by atoms with Crippen LogP contribution in [0.2, 0.25) is 0 Å². The van der Waals surface area contributed by atoms with Gasteiger partial charge in [0.1, 0.15) is 17.3 Å². The summed E-state index contributed by atoms with van der Waals surface area (Å²) in [6.45, 7) is 1.53. The second kappa shape index (κ2) is 9.91. The molecule has 2 rings (SSSR count). The van der Waals surface area contributed by atoms with E-state index in [0.29, 0.717) is 17.9 Å². The molecule has 2 aromatic rings. The first-order valence-corrected chi connectivity index (χ1v) is 9.01. The molecule has 0 spiro atoms. The number of aryl methyl sites for hydroxylation is 1. The first kappa shape index (κ1) is 20.7. The Labute approximate surface area is 165 Å². The number of benzene rings is 2. The van der Waals surface area contributed by atoms with Crippen molar-refractivity contribution in [1.82, 2.24) is 10.9 Å². The topological polar surface area (TPSA) is 76.7 Å². The molecule has 0 aliphatic rings. The second-order valence-electron chi connectivity index (χ2n) is 5.72. The number of rotatable bonds is 7. The van der Waals surface area contributed by atoms with Gasteiger partial charge in [0, 0.05) is 6.42 Å². The number of hydrazine groups is 1. The molecule has 8 heteroatoms. The number of carbonyl (C=O) groups excluding carboxylic acids is 2. The van der Waals surface area contributed by atoms with Crippen molar-refractivity contribution in [2.24, 2.45) is 0 Å². The Morgan fingerprint density at radius 2 is 1.85 bits per heavy atom. The third-order valence-electron chi connectivity index (χ3n) is 3.68. The van der Waals surface area contributed by atoms with Crippen molar-refractivity contribution in [2.45, 2.75) is 25.9 Å². The van der Waals surface area contributed by atoms with E-state index in [0.717, 1.165) is 10.0 Å². The van der Waals surface area contributed by atoms with Gasteiger partial charge in [0.05, 0.1) is 11.6 Å². The monoisotopic (exact) mass is 438 g/mol. The number of carbonyl (C=O) groups is 2. The summed E-state index contributed by atoms with van der Waals surface area (Å²) >= 11 is 3.39. The fourth-order valence-corrected chi connectivity index (χ4v) is 2.78. The molecule has 144 valence electrons. The molecule has 0 radical (unpaired) electrons. The van der Waals surface area contributed by atoms with Crippen molar-refractivity contribution in [3.63, 3.8) is 0 Å². The highest BCUT2D eigenvalue weighted by Gasteiger charge is 2.15. The van der Waals surface area contributed by atoms with E-state index in [-0.39, 0.29) is 12.3 Å². The number of amides is 2. The van der Waals surface area contributed by atoms with Crippen LogP contribution in [0.4, 0.5) is 4.39 Å². The normalized spacial score (nSPS) is 11.4. The number of hydrogen-bond acceptors (Lipinski definition) is 4. The highest BCUT2D eigenvalue weighted by Crippen LogP contribution is 2.25. The van der Waals surface area contributed by atoms with Gasteiger partial charge >= 0.3 is 0 Å². The molecule has 0 aliphatic carbocycles. The van der Waals surface area contributed by atoms with Crippen molar-refractivity contribution in [2.75, 3.05) is 7.11 Å². The number of ether oxygens (including phenoxy) is 2. The molecule has 1 unspecified atom stereocenters. The van der Waals surface area contributed by atoms with Crippen LogP contribution in [0, 0.1) is 5.82 Å². The van der Waals surface area contributed by atoms with Gasteiger partial charge in [-0.25, -0.2) is 4.39 Å². The maximum Gasteiger partial charge on any atom is 0.279 e. The predicted octanol–water partition coefficient (Wildman–Crippen LogP) is 3.14. The lowest BCUT2D eigenvalue weighted by Crippen LogP contribution is -2.47. The first-order valence-electron chi connectivity index (χ1n) is 8.22.